The van der Waals surface area contributed by atoms with Crippen LogP contribution in [0.25, 0.3) is 21.8 Å². The van der Waals surface area contributed by atoms with Crippen LogP contribution in [-0.4, -0.2) is 10.6 Å². The Labute approximate surface area is 131 Å². The predicted octanol–water partition coefficient (Wildman–Crippen LogP) is 4.49. The molecule has 2 nitrogen and oxygen atoms in total. The number of benzene rings is 2. The molecule has 0 unspecified atom stereocenters. The summed E-state index contributed by atoms with van der Waals surface area (Å²) in [6.07, 6.45) is 2.69. The largest absolute Gasteiger partial charge is 0.341 e. The molecule has 0 atom stereocenters. The predicted molar refractivity (Wildman–Crippen MR) is 92.2 cm³/mol. The molecule has 3 heteroatoms. The van der Waals surface area contributed by atoms with Gasteiger partial charge in [-0.25, -0.2) is 0 Å². The number of para-hydroxylation sites is 1. The standard InChI is InChI=1S/C18H20N2.ClH/c1-2-20-17-6-4-3-5-15(17)16-11-13(7-10-18(16)20)12-19-14-8-9-14;/h3-7,10-11,14,19H,2,8-9,12H2,1H3;1H. The van der Waals surface area contributed by atoms with Crippen molar-refractivity contribution in [3.63, 3.8) is 0 Å². The average Bonchev–Trinajstić information content (AvgIpc) is 3.27. The molecule has 1 N–H and O–H groups in total. The molecule has 0 bridgehead atoms. The molecule has 0 saturated heterocycles. The summed E-state index contributed by atoms with van der Waals surface area (Å²) in [5, 5.41) is 6.36. The average molecular weight is 301 g/mol. The number of aryl methyl sites for hydroxylation is 1. The lowest BCUT2D eigenvalue weighted by molar-refractivity contribution is 0.688. The summed E-state index contributed by atoms with van der Waals surface area (Å²) in [4.78, 5) is 0. The zero-order valence-corrected chi connectivity index (χ0v) is 13.1. The summed E-state index contributed by atoms with van der Waals surface area (Å²) in [6.45, 7) is 4.23. The monoisotopic (exact) mass is 300 g/mol. The first kappa shape index (κ1) is 14.4. The number of halogens is 1. The van der Waals surface area contributed by atoms with E-state index in [1.165, 1.54) is 40.2 Å². The van der Waals surface area contributed by atoms with Crippen molar-refractivity contribution in [3.05, 3.63) is 48.0 Å². The zero-order valence-electron chi connectivity index (χ0n) is 12.3. The van der Waals surface area contributed by atoms with Crippen molar-refractivity contribution in [2.75, 3.05) is 0 Å². The number of nitrogens with one attached hydrogen (secondary N) is 1. The fourth-order valence-corrected chi connectivity index (χ4v) is 3.10. The summed E-state index contributed by atoms with van der Waals surface area (Å²) in [5.74, 6) is 0. The highest BCUT2D eigenvalue weighted by atomic mass is 35.5. The molecule has 1 saturated carbocycles. The Bertz CT molecular complexity index is 771. The Morgan fingerprint density at radius 1 is 1.05 bits per heavy atom. The van der Waals surface area contributed by atoms with E-state index in [-0.39, 0.29) is 12.4 Å². The van der Waals surface area contributed by atoms with Crippen molar-refractivity contribution in [1.82, 2.24) is 9.88 Å². The van der Waals surface area contributed by atoms with E-state index >= 15 is 0 Å². The van der Waals surface area contributed by atoms with Gasteiger partial charge in [-0.3, -0.25) is 0 Å². The Morgan fingerprint density at radius 3 is 2.57 bits per heavy atom. The van der Waals surface area contributed by atoms with Gasteiger partial charge in [0, 0.05) is 40.9 Å². The Balaban J connectivity index is 0.00000132. The van der Waals surface area contributed by atoms with Crippen LogP contribution in [0.1, 0.15) is 25.3 Å². The van der Waals surface area contributed by atoms with Crippen LogP contribution in [0, 0.1) is 0 Å². The van der Waals surface area contributed by atoms with Gasteiger partial charge >= 0.3 is 0 Å². The van der Waals surface area contributed by atoms with Gasteiger partial charge in [0.2, 0.25) is 0 Å². The molecular weight excluding hydrogens is 280 g/mol. The van der Waals surface area contributed by atoms with Crippen LogP contribution in [0.3, 0.4) is 0 Å². The van der Waals surface area contributed by atoms with Gasteiger partial charge in [0.15, 0.2) is 0 Å². The molecule has 3 aromatic rings. The van der Waals surface area contributed by atoms with Gasteiger partial charge in [-0.1, -0.05) is 24.3 Å². The molecule has 1 aliphatic carbocycles. The van der Waals surface area contributed by atoms with Crippen molar-refractivity contribution in [3.8, 4) is 0 Å². The first-order valence-electron chi connectivity index (χ1n) is 7.60. The maximum atomic E-state index is 3.60. The second kappa shape index (κ2) is 5.70. The molecule has 0 aliphatic heterocycles. The summed E-state index contributed by atoms with van der Waals surface area (Å²) in [5.41, 5.74) is 4.09. The Hall–Kier alpha value is -1.51. The van der Waals surface area contributed by atoms with Crippen LogP contribution in [-0.2, 0) is 13.1 Å². The van der Waals surface area contributed by atoms with E-state index < -0.39 is 0 Å². The number of hydrogen-bond donors (Lipinski definition) is 1. The van der Waals surface area contributed by atoms with Crippen molar-refractivity contribution in [1.29, 1.82) is 0 Å². The van der Waals surface area contributed by atoms with Crippen LogP contribution < -0.4 is 5.32 Å². The third kappa shape index (κ3) is 2.54. The third-order valence-corrected chi connectivity index (χ3v) is 4.33. The highest BCUT2D eigenvalue weighted by Crippen LogP contribution is 2.30. The van der Waals surface area contributed by atoms with Crippen molar-refractivity contribution >= 4 is 34.2 Å². The van der Waals surface area contributed by atoms with Crippen LogP contribution in [0.15, 0.2) is 42.5 Å². The molecule has 110 valence electrons. The second-order valence-electron chi connectivity index (χ2n) is 5.77. The number of rotatable bonds is 4. The van der Waals surface area contributed by atoms with Gasteiger partial charge in [-0.2, -0.15) is 0 Å². The SMILES string of the molecule is CCn1c2ccccc2c2cc(CNC3CC3)ccc21.Cl. The molecule has 4 rings (SSSR count). The van der Waals surface area contributed by atoms with E-state index in [0.29, 0.717) is 0 Å². The second-order valence-corrected chi connectivity index (χ2v) is 5.77. The van der Waals surface area contributed by atoms with E-state index in [9.17, 15) is 0 Å². The summed E-state index contributed by atoms with van der Waals surface area (Å²) >= 11 is 0. The molecule has 21 heavy (non-hydrogen) atoms. The van der Waals surface area contributed by atoms with Crippen molar-refractivity contribution in [2.45, 2.75) is 38.9 Å². The molecular formula is C18H21ClN2. The van der Waals surface area contributed by atoms with E-state index in [0.717, 1.165) is 19.1 Å². The summed E-state index contributed by atoms with van der Waals surface area (Å²) in [6, 6.07) is 16.4. The van der Waals surface area contributed by atoms with E-state index in [2.05, 4.69) is 59.3 Å². The molecule has 0 spiro atoms. The maximum absolute atomic E-state index is 3.60. The lowest BCUT2D eigenvalue weighted by Crippen LogP contribution is -2.15. The highest BCUT2D eigenvalue weighted by molar-refractivity contribution is 6.08. The van der Waals surface area contributed by atoms with Crippen molar-refractivity contribution in [2.24, 2.45) is 0 Å². The van der Waals surface area contributed by atoms with Gasteiger partial charge in [-0.15, -0.1) is 12.4 Å². The van der Waals surface area contributed by atoms with E-state index in [1.54, 1.807) is 0 Å². The van der Waals surface area contributed by atoms with Gasteiger partial charge in [0.1, 0.15) is 0 Å². The van der Waals surface area contributed by atoms with Crippen LogP contribution >= 0.6 is 12.4 Å². The molecule has 2 aromatic carbocycles. The van der Waals surface area contributed by atoms with Gasteiger partial charge in [0.25, 0.3) is 0 Å². The molecule has 1 fully saturated rings. The van der Waals surface area contributed by atoms with Crippen LogP contribution in [0.2, 0.25) is 0 Å². The number of aromatic nitrogens is 1. The van der Waals surface area contributed by atoms with Crippen LogP contribution in [0.4, 0.5) is 0 Å². The number of nitrogens with zero attached hydrogens (tertiary/aromatic N) is 1. The lowest BCUT2D eigenvalue weighted by atomic mass is 10.1. The first-order chi connectivity index (χ1) is 9.86. The smallest absolute Gasteiger partial charge is 0.0491 e. The minimum atomic E-state index is 0. The minimum Gasteiger partial charge on any atom is -0.341 e. The molecule has 0 amide bonds. The topological polar surface area (TPSA) is 17.0 Å². The number of fused-ring (bicyclic) bond motifs is 3. The van der Waals surface area contributed by atoms with E-state index in [1.807, 2.05) is 0 Å². The molecule has 1 aliphatic rings. The fraction of sp³-hybridized carbons (Fsp3) is 0.333. The molecule has 1 aromatic heterocycles. The number of hydrogen-bond acceptors (Lipinski definition) is 1. The normalized spacial score (nSPS) is 14.5. The fourth-order valence-electron chi connectivity index (χ4n) is 3.10. The lowest BCUT2D eigenvalue weighted by Gasteiger charge is -2.05. The Kier molecular flexibility index (Phi) is 3.92. The van der Waals surface area contributed by atoms with E-state index in [4.69, 9.17) is 0 Å². The molecule has 1 heterocycles. The summed E-state index contributed by atoms with van der Waals surface area (Å²) < 4.78 is 2.41. The highest BCUT2D eigenvalue weighted by Gasteiger charge is 2.20. The van der Waals surface area contributed by atoms with Gasteiger partial charge in [-0.05, 0) is 43.5 Å². The quantitative estimate of drug-likeness (QED) is 0.751. The summed E-state index contributed by atoms with van der Waals surface area (Å²) in [7, 11) is 0. The molecule has 0 radical (unpaired) electrons. The van der Waals surface area contributed by atoms with Crippen LogP contribution in [0.5, 0.6) is 0 Å². The third-order valence-electron chi connectivity index (χ3n) is 4.33. The van der Waals surface area contributed by atoms with Gasteiger partial charge in [0.05, 0.1) is 0 Å². The minimum absolute atomic E-state index is 0. The zero-order chi connectivity index (χ0) is 13.5. The van der Waals surface area contributed by atoms with Gasteiger partial charge < -0.3 is 9.88 Å². The maximum Gasteiger partial charge on any atom is 0.0491 e. The van der Waals surface area contributed by atoms with Crippen molar-refractivity contribution < 1.29 is 0 Å². The Morgan fingerprint density at radius 2 is 1.81 bits per heavy atom. The first-order valence-corrected chi connectivity index (χ1v) is 7.60.